The molecule has 0 fully saturated rings. The number of nitrogens with one attached hydrogen (secondary N) is 2. The lowest BCUT2D eigenvalue weighted by molar-refractivity contribution is 0.0281. The highest BCUT2D eigenvalue weighted by Gasteiger charge is 2.26. The quantitative estimate of drug-likeness (QED) is 0.662. The van der Waals surface area contributed by atoms with Gasteiger partial charge in [0.15, 0.2) is 0 Å². The number of amides is 1. The lowest BCUT2D eigenvalue weighted by Gasteiger charge is -2.30. The van der Waals surface area contributed by atoms with Crippen molar-refractivity contribution in [1.82, 2.24) is 10.2 Å². The Bertz CT molecular complexity index is 1090. The topological polar surface area (TPSA) is 106 Å². The van der Waals surface area contributed by atoms with Crippen molar-refractivity contribution in [3.05, 3.63) is 48.0 Å². The molecule has 0 unspecified atom stereocenters. The molecule has 0 saturated carbocycles. The molecule has 34 heavy (non-hydrogen) atoms. The standard InChI is InChI=1S/C24H33N3O6S/c1-16-13-25-17(2)15-33-22-11-6-18(12-21(22)24(28)27(3)14-23(16)32-5)26-34(29,30)20-9-7-19(31-4)8-10-20/h6-12,16-17,23,25-26H,13-15H2,1-5H3/t16-,17+,23+/m0/s1. The fourth-order valence-corrected chi connectivity index (χ4v) is 4.74. The van der Waals surface area contributed by atoms with Gasteiger partial charge in [-0.15, -0.1) is 0 Å². The van der Waals surface area contributed by atoms with Crippen molar-refractivity contribution < 1.29 is 27.4 Å². The summed E-state index contributed by atoms with van der Waals surface area (Å²) >= 11 is 0. The van der Waals surface area contributed by atoms with Crippen LogP contribution in [0, 0.1) is 5.92 Å². The molecule has 0 radical (unpaired) electrons. The predicted octanol–water partition coefficient (Wildman–Crippen LogP) is 2.59. The average molecular weight is 492 g/mol. The maximum absolute atomic E-state index is 13.3. The van der Waals surface area contributed by atoms with Crippen LogP contribution in [-0.4, -0.2) is 72.3 Å². The Labute approximate surface area is 201 Å². The van der Waals surface area contributed by atoms with Crippen molar-refractivity contribution in [2.24, 2.45) is 5.92 Å². The van der Waals surface area contributed by atoms with Gasteiger partial charge in [-0.05, 0) is 55.3 Å². The molecule has 1 aliphatic heterocycles. The van der Waals surface area contributed by atoms with Crippen molar-refractivity contribution in [1.29, 1.82) is 0 Å². The van der Waals surface area contributed by atoms with Gasteiger partial charge in [-0.3, -0.25) is 9.52 Å². The molecule has 2 aromatic rings. The van der Waals surface area contributed by atoms with Crippen LogP contribution in [0.25, 0.3) is 0 Å². The third kappa shape index (κ3) is 6.19. The van der Waals surface area contributed by atoms with E-state index in [1.54, 1.807) is 43.3 Å². The molecule has 3 rings (SSSR count). The van der Waals surface area contributed by atoms with Crippen molar-refractivity contribution >= 4 is 21.6 Å². The van der Waals surface area contributed by atoms with Crippen molar-refractivity contribution in [2.45, 2.75) is 30.9 Å². The zero-order valence-corrected chi connectivity index (χ0v) is 21.0. The largest absolute Gasteiger partial charge is 0.497 e. The summed E-state index contributed by atoms with van der Waals surface area (Å²) in [7, 11) is 0.976. The second-order valence-corrected chi connectivity index (χ2v) is 10.2. The predicted molar refractivity (Wildman–Crippen MR) is 130 cm³/mol. The van der Waals surface area contributed by atoms with E-state index in [9.17, 15) is 13.2 Å². The van der Waals surface area contributed by atoms with E-state index < -0.39 is 10.0 Å². The molecule has 0 aliphatic carbocycles. The number of benzene rings is 2. The molecule has 1 aliphatic rings. The van der Waals surface area contributed by atoms with Gasteiger partial charge in [-0.1, -0.05) is 6.92 Å². The van der Waals surface area contributed by atoms with Crippen LogP contribution in [0.2, 0.25) is 0 Å². The van der Waals surface area contributed by atoms with E-state index in [1.165, 1.54) is 25.3 Å². The van der Waals surface area contributed by atoms with E-state index in [2.05, 4.69) is 17.0 Å². The Morgan fingerprint density at radius 1 is 1.12 bits per heavy atom. The van der Waals surface area contributed by atoms with Crippen LogP contribution in [0.15, 0.2) is 47.4 Å². The highest BCUT2D eigenvalue weighted by atomic mass is 32.2. The summed E-state index contributed by atoms with van der Waals surface area (Å²) in [5.41, 5.74) is 0.530. The zero-order chi connectivity index (χ0) is 24.9. The second kappa shape index (κ2) is 11.1. The number of carbonyl (C=O) groups excluding carboxylic acids is 1. The summed E-state index contributed by atoms with van der Waals surface area (Å²) in [4.78, 5) is 15.0. The highest BCUT2D eigenvalue weighted by molar-refractivity contribution is 7.92. The number of fused-ring (bicyclic) bond motifs is 1. The summed E-state index contributed by atoms with van der Waals surface area (Å²) < 4.78 is 45.0. The SMILES string of the molecule is COc1ccc(S(=O)(=O)Nc2ccc3c(c2)C(=O)N(C)C[C@@H](OC)[C@@H](C)CN[C@H](C)CO3)cc1. The molecule has 0 spiro atoms. The molecule has 2 N–H and O–H groups in total. The number of hydrogen-bond acceptors (Lipinski definition) is 7. The van der Waals surface area contributed by atoms with Gasteiger partial charge in [0.2, 0.25) is 0 Å². The van der Waals surface area contributed by atoms with Gasteiger partial charge >= 0.3 is 0 Å². The van der Waals surface area contributed by atoms with Crippen LogP contribution in [0.3, 0.4) is 0 Å². The summed E-state index contributed by atoms with van der Waals surface area (Å²) in [6.07, 6.45) is -0.158. The first-order valence-corrected chi connectivity index (χ1v) is 12.6. The molecule has 186 valence electrons. The number of sulfonamides is 1. The van der Waals surface area contributed by atoms with Gasteiger partial charge in [0.1, 0.15) is 18.1 Å². The number of anilines is 1. The van der Waals surface area contributed by atoms with Crippen molar-refractivity contribution in [3.63, 3.8) is 0 Å². The monoisotopic (exact) mass is 491 g/mol. The van der Waals surface area contributed by atoms with Gasteiger partial charge in [-0.25, -0.2) is 8.42 Å². The Kier molecular flexibility index (Phi) is 8.40. The molecule has 0 bridgehead atoms. The first-order chi connectivity index (χ1) is 16.1. The molecule has 0 saturated heterocycles. The minimum absolute atomic E-state index is 0.0494. The van der Waals surface area contributed by atoms with Crippen LogP contribution in [0.5, 0.6) is 11.5 Å². The van der Waals surface area contributed by atoms with Gasteiger partial charge in [0.05, 0.1) is 23.7 Å². The normalized spacial score (nSPS) is 22.1. The fourth-order valence-electron chi connectivity index (χ4n) is 3.69. The molecule has 1 amide bonds. The first kappa shape index (κ1) is 25.8. The van der Waals surface area contributed by atoms with E-state index in [0.29, 0.717) is 24.7 Å². The number of methoxy groups -OCH3 is 2. The molecule has 10 heteroatoms. The van der Waals surface area contributed by atoms with Crippen molar-refractivity contribution in [2.75, 3.05) is 45.7 Å². The van der Waals surface area contributed by atoms with E-state index >= 15 is 0 Å². The van der Waals surface area contributed by atoms with E-state index in [1.807, 2.05) is 6.92 Å². The van der Waals surface area contributed by atoms with Crippen molar-refractivity contribution in [3.8, 4) is 11.5 Å². The number of hydrogen-bond donors (Lipinski definition) is 2. The third-order valence-corrected chi connectivity index (χ3v) is 7.24. The molecule has 1 heterocycles. The molecule has 0 aromatic heterocycles. The average Bonchev–Trinajstić information content (AvgIpc) is 2.83. The van der Waals surface area contributed by atoms with Crippen LogP contribution >= 0.6 is 0 Å². The zero-order valence-electron chi connectivity index (χ0n) is 20.2. The number of rotatable bonds is 5. The maximum Gasteiger partial charge on any atom is 0.261 e. The Morgan fingerprint density at radius 2 is 1.82 bits per heavy atom. The van der Waals surface area contributed by atoms with Gasteiger partial charge in [-0.2, -0.15) is 0 Å². The summed E-state index contributed by atoms with van der Waals surface area (Å²) in [5, 5.41) is 3.43. The maximum atomic E-state index is 13.3. The fraction of sp³-hybridized carbons (Fsp3) is 0.458. The van der Waals surface area contributed by atoms with E-state index in [0.717, 1.165) is 6.54 Å². The Morgan fingerprint density at radius 3 is 2.47 bits per heavy atom. The Balaban J connectivity index is 1.92. The molecular weight excluding hydrogens is 458 g/mol. The molecule has 3 atom stereocenters. The van der Waals surface area contributed by atoms with Crippen LogP contribution in [0.4, 0.5) is 5.69 Å². The number of nitrogens with zero attached hydrogens (tertiary/aromatic N) is 1. The van der Waals surface area contributed by atoms with Gasteiger partial charge in [0.25, 0.3) is 15.9 Å². The van der Waals surface area contributed by atoms with E-state index in [-0.39, 0.29) is 40.1 Å². The minimum atomic E-state index is -3.87. The number of ether oxygens (including phenoxy) is 3. The van der Waals surface area contributed by atoms with Gasteiger partial charge < -0.3 is 24.4 Å². The van der Waals surface area contributed by atoms with E-state index in [4.69, 9.17) is 14.2 Å². The van der Waals surface area contributed by atoms with Crippen LogP contribution in [0.1, 0.15) is 24.2 Å². The lowest BCUT2D eigenvalue weighted by Crippen LogP contribution is -2.44. The Hall–Kier alpha value is -2.82. The molecular formula is C24H33N3O6S. The smallest absolute Gasteiger partial charge is 0.261 e. The first-order valence-electron chi connectivity index (χ1n) is 11.1. The lowest BCUT2D eigenvalue weighted by atomic mass is 10.0. The second-order valence-electron chi connectivity index (χ2n) is 8.55. The molecule has 2 aromatic carbocycles. The summed E-state index contributed by atoms with van der Waals surface area (Å²) in [6, 6.07) is 10.8. The van der Waals surface area contributed by atoms with Crippen LogP contribution < -0.4 is 19.5 Å². The third-order valence-electron chi connectivity index (χ3n) is 5.85. The van der Waals surface area contributed by atoms with Gasteiger partial charge in [0, 0.05) is 39.0 Å². The summed E-state index contributed by atoms with van der Waals surface area (Å²) in [6.45, 7) is 5.53. The highest BCUT2D eigenvalue weighted by Crippen LogP contribution is 2.27. The van der Waals surface area contributed by atoms with Crippen LogP contribution in [-0.2, 0) is 14.8 Å². The number of carbonyl (C=O) groups is 1. The molecule has 9 nitrogen and oxygen atoms in total. The number of likely N-dealkylation sites (N-methyl/N-ethyl adjacent to an activating group) is 1. The minimum Gasteiger partial charge on any atom is -0.497 e. The summed E-state index contributed by atoms with van der Waals surface area (Å²) in [5.74, 6) is 0.831.